The van der Waals surface area contributed by atoms with E-state index in [0.717, 1.165) is 48.4 Å². The lowest BCUT2D eigenvalue weighted by molar-refractivity contribution is -0.125. The van der Waals surface area contributed by atoms with Gasteiger partial charge in [-0.25, -0.2) is 4.98 Å². The SMILES string of the molecule is CCC(CC)C(=O)NCc1nc2ccccc2n1CCCOc1cc(C)ccc1C(C)C. The van der Waals surface area contributed by atoms with E-state index < -0.39 is 0 Å². The number of amides is 1. The van der Waals surface area contributed by atoms with Crippen molar-refractivity contribution in [2.45, 2.75) is 72.9 Å². The topological polar surface area (TPSA) is 56.2 Å². The summed E-state index contributed by atoms with van der Waals surface area (Å²) in [6.07, 6.45) is 2.57. The van der Waals surface area contributed by atoms with Crippen LogP contribution in [-0.4, -0.2) is 22.1 Å². The quantitative estimate of drug-likeness (QED) is 0.376. The fourth-order valence-corrected chi connectivity index (χ4v) is 4.13. The van der Waals surface area contributed by atoms with Gasteiger partial charge in [0.05, 0.1) is 24.2 Å². The van der Waals surface area contributed by atoms with Gasteiger partial charge in [-0.1, -0.05) is 52.0 Å². The predicted octanol–water partition coefficient (Wildman–Crippen LogP) is 5.99. The van der Waals surface area contributed by atoms with Gasteiger partial charge in [0.25, 0.3) is 0 Å². The normalized spacial score (nSPS) is 11.5. The lowest BCUT2D eigenvalue weighted by Crippen LogP contribution is -2.30. The van der Waals surface area contributed by atoms with Gasteiger partial charge in [0.2, 0.25) is 5.91 Å². The molecule has 3 rings (SSSR count). The Morgan fingerprint density at radius 3 is 2.59 bits per heavy atom. The minimum Gasteiger partial charge on any atom is -0.493 e. The molecule has 0 unspecified atom stereocenters. The number of carbonyl (C=O) groups excluding carboxylic acids is 1. The number of benzene rings is 2. The first-order valence-corrected chi connectivity index (χ1v) is 11.9. The van der Waals surface area contributed by atoms with Gasteiger partial charge >= 0.3 is 0 Å². The Hall–Kier alpha value is -2.82. The molecule has 1 amide bonds. The van der Waals surface area contributed by atoms with Crippen LogP contribution in [0.2, 0.25) is 0 Å². The van der Waals surface area contributed by atoms with E-state index in [1.165, 1.54) is 11.1 Å². The molecule has 0 saturated heterocycles. The molecule has 0 saturated carbocycles. The Morgan fingerprint density at radius 2 is 1.88 bits per heavy atom. The number of hydrogen-bond donors (Lipinski definition) is 1. The molecule has 0 aliphatic rings. The number of nitrogens with zero attached hydrogens (tertiary/aromatic N) is 2. The molecule has 1 aromatic heterocycles. The summed E-state index contributed by atoms with van der Waals surface area (Å²) in [5, 5.41) is 3.09. The molecule has 0 spiro atoms. The van der Waals surface area contributed by atoms with Crippen LogP contribution in [-0.2, 0) is 17.9 Å². The summed E-state index contributed by atoms with van der Waals surface area (Å²) < 4.78 is 8.40. The minimum atomic E-state index is 0.0608. The highest BCUT2D eigenvalue weighted by Crippen LogP contribution is 2.27. The Balaban J connectivity index is 1.68. The van der Waals surface area contributed by atoms with Gasteiger partial charge in [0.15, 0.2) is 0 Å². The van der Waals surface area contributed by atoms with E-state index in [0.29, 0.717) is 19.1 Å². The molecule has 0 atom stereocenters. The number of aromatic nitrogens is 2. The van der Waals surface area contributed by atoms with E-state index in [9.17, 15) is 4.79 Å². The van der Waals surface area contributed by atoms with Crippen molar-refractivity contribution in [1.29, 1.82) is 0 Å². The lowest BCUT2D eigenvalue weighted by atomic mass is 10.0. The van der Waals surface area contributed by atoms with Crippen molar-refractivity contribution < 1.29 is 9.53 Å². The molecule has 5 heteroatoms. The van der Waals surface area contributed by atoms with E-state index in [2.05, 4.69) is 68.8 Å². The number of ether oxygens (including phenoxy) is 1. The fourth-order valence-electron chi connectivity index (χ4n) is 4.13. The summed E-state index contributed by atoms with van der Waals surface area (Å²) in [6.45, 7) is 12.5. The van der Waals surface area contributed by atoms with Crippen LogP contribution >= 0.6 is 0 Å². The fraction of sp³-hybridized carbons (Fsp3) is 0.481. The first kappa shape index (κ1) is 23.8. The predicted molar refractivity (Wildman–Crippen MR) is 131 cm³/mol. The number of rotatable bonds is 11. The van der Waals surface area contributed by atoms with Crippen molar-refractivity contribution in [2.75, 3.05) is 6.61 Å². The highest BCUT2D eigenvalue weighted by Gasteiger charge is 2.16. The van der Waals surface area contributed by atoms with Gasteiger partial charge < -0.3 is 14.6 Å². The summed E-state index contributed by atoms with van der Waals surface area (Å²) in [5.41, 5.74) is 4.51. The Labute approximate surface area is 192 Å². The van der Waals surface area contributed by atoms with E-state index in [4.69, 9.17) is 9.72 Å². The van der Waals surface area contributed by atoms with Crippen LogP contribution in [0.3, 0.4) is 0 Å². The molecule has 0 fully saturated rings. The molecule has 0 bridgehead atoms. The van der Waals surface area contributed by atoms with Crippen molar-refractivity contribution in [3.05, 3.63) is 59.4 Å². The van der Waals surface area contributed by atoms with Crippen molar-refractivity contribution >= 4 is 16.9 Å². The molecular formula is C27H37N3O2. The molecule has 5 nitrogen and oxygen atoms in total. The molecule has 0 aliphatic heterocycles. The Morgan fingerprint density at radius 1 is 1.12 bits per heavy atom. The average Bonchev–Trinajstić information content (AvgIpc) is 3.13. The lowest BCUT2D eigenvalue weighted by Gasteiger charge is -2.16. The molecule has 3 aromatic rings. The van der Waals surface area contributed by atoms with Gasteiger partial charge in [-0.2, -0.15) is 0 Å². The molecule has 32 heavy (non-hydrogen) atoms. The second-order valence-electron chi connectivity index (χ2n) is 8.80. The van der Waals surface area contributed by atoms with Crippen LogP contribution in [0.4, 0.5) is 0 Å². The molecule has 2 aromatic carbocycles. The summed E-state index contributed by atoms with van der Waals surface area (Å²) in [4.78, 5) is 17.3. The molecule has 1 heterocycles. The number of aryl methyl sites for hydroxylation is 2. The summed E-state index contributed by atoms with van der Waals surface area (Å²) in [6, 6.07) is 14.6. The minimum absolute atomic E-state index is 0.0608. The number of fused-ring (bicyclic) bond motifs is 1. The van der Waals surface area contributed by atoms with Crippen LogP contribution < -0.4 is 10.1 Å². The summed E-state index contributed by atoms with van der Waals surface area (Å²) in [5.74, 6) is 2.47. The van der Waals surface area contributed by atoms with Crippen molar-refractivity contribution in [1.82, 2.24) is 14.9 Å². The zero-order valence-electron chi connectivity index (χ0n) is 20.1. The largest absolute Gasteiger partial charge is 0.493 e. The number of imidazole rings is 1. The highest BCUT2D eigenvalue weighted by atomic mass is 16.5. The van der Waals surface area contributed by atoms with Crippen molar-refractivity contribution in [3.63, 3.8) is 0 Å². The standard InChI is InChI=1S/C27H37N3O2/c1-6-21(7-2)27(31)28-18-26-29-23-11-8-9-12-24(23)30(26)15-10-16-32-25-17-20(5)13-14-22(25)19(3)4/h8-9,11-14,17,19,21H,6-7,10,15-16,18H2,1-5H3,(H,28,31). The first-order valence-electron chi connectivity index (χ1n) is 11.9. The molecule has 172 valence electrons. The van der Waals surface area contributed by atoms with Crippen LogP contribution in [0, 0.1) is 12.8 Å². The number of carbonyl (C=O) groups is 1. The Kier molecular flexibility index (Phi) is 8.32. The smallest absolute Gasteiger partial charge is 0.223 e. The zero-order chi connectivity index (χ0) is 23.1. The maximum absolute atomic E-state index is 12.5. The third-order valence-electron chi connectivity index (χ3n) is 6.09. The van der Waals surface area contributed by atoms with Gasteiger partial charge in [-0.15, -0.1) is 0 Å². The van der Waals surface area contributed by atoms with Gasteiger partial charge in [-0.05, 0) is 61.4 Å². The van der Waals surface area contributed by atoms with Crippen LogP contribution in [0.15, 0.2) is 42.5 Å². The maximum Gasteiger partial charge on any atom is 0.223 e. The Bertz CT molecular complexity index is 1030. The van der Waals surface area contributed by atoms with E-state index in [1.807, 2.05) is 18.2 Å². The van der Waals surface area contributed by atoms with Crippen molar-refractivity contribution in [2.24, 2.45) is 5.92 Å². The van der Waals surface area contributed by atoms with E-state index >= 15 is 0 Å². The average molecular weight is 436 g/mol. The van der Waals surface area contributed by atoms with Crippen LogP contribution in [0.25, 0.3) is 11.0 Å². The number of nitrogens with one attached hydrogen (secondary N) is 1. The molecule has 0 aliphatic carbocycles. The molecule has 1 N–H and O–H groups in total. The maximum atomic E-state index is 12.5. The number of hydrogen-bond acceptors (Lipinski definition) is 3. The third-order valence-corrected chi connectivity index (χ3v) is 6.09. The highest BCUT2D eigenvalue weighted by molar-refractivity contribution is 5.79. The third kappa shape index (κ3) is 5.70. The van der Waals surface area contributed by atoms with Crippen LogP contribution in [0.5, 0.6) is 5.75 Å². The van der Waals surface area contributed by atoms with E-state index in [1.54, 1.807) is 0 Å². The monoisotopic (exact) mass is 435 g/mol. The first-order chi connectivity index (χ1) is 15.4. The summed E-state index contributed by atoms with van der Waals surface area (Å²) >= 11 is 0. The van der Waals surface area contributed by atoms with Gasteiger partial charge in [0.1, 0.15) is 11.6 Å². The van der Waals surface area contributed by atoms with Gasteiger partial charge in [-0.3, -0.25) is 4.79 Å². The van der Waals surface area contributed by atoms with E-state index in [-0.39, 0.29) is 11.8 Å². The summed E-state index contributed by atoms with van der Waals surface area (Å²) in [7, 11) is 0. The van der Waals surface area contributed by atoms with Crippen molar-refractivity contribution in [3.8, 4) is 5.75 Å². The molecule has 0 radical (unpaired) electrons. The molecular weight excluding hydrogens is 398 g/mol. The van der Waals surface area contributed by atoms with Gasteiger partial charge in [0, 0.05) is 12.5 Å². The zero-order valence-corrected chi connectivity index (χ0v) is 20.1. The van der Waals surface area contributed by atoms with Crippen LogP contribution in [0.1, 0.15) is 69.8 Å². The number of para-hydroxylation sites is 2. The second kappa shape index (κ2) is 11.2. The second-order valence-corrected chi connectivity index (χ2v) is 8.80.